The molecule has 0 atom stereocenters. The van der Waals surface area contributed by atoms with Gasteiger partial charge in [0.2, 0.25) is 10.0 Å². The van der Waals surface area contributed by atoms with Crippen molar-refractivity contribution < 1.29 is 8.42 Å². The molecule has 6 heteroatoms. The molecule has 2 rings (SSSR count). The Morgan fingerprint density at radius 3 is 2.75 bits per heavy atom. The number of hydrogen-bond donors (Lipinski definition) is 0. The molecule has 0 radical (unpaired) electrons. The summed E-state index contributed by atoms with van der Waals surface area (Å²) < 4.78 is 24.7. The van der Waals surface area contributed by atoms with Crippen molar-refractivity contribution in [2.45, 2.75) is 6.42 Å². The van der Waals surface area contributed by atoms with Crippen LogP contribution in [0.2, 0.25) is 5.02 Å². The molecule has 0 aliphatic carbocycles. The van der Waals surface area contributed by atoms with Gasteiger partial charge >= 0.3 is 0 Å². The van der Waals surface area contributed by atoms with Crippen LogP contribution in [0, 0.1) is 11.3 Å². The summed E-state index contributed by atoms with van der Waals surface area (Å²) in [7, 11) is -3.25. The van der Waals surface area contributed by atoms with Gasteiger partial charge in [0.15, 0.2) is 0 Å². The molecule has 1 aromatic rings. The fourth-order valence-corrected chi connectivity index (χ4v) is 3.53. The summed E-state index contributed by atoms with van der Waals surface area (Å²) in [5.74, 6) is 0.139. The second-order valence-electron chi connectivity index (χ2n) is 3.52. The van der Waals surface area contributed by atoms with E-state index in [1.54, 1.807) is 12.1 Å². The van der Waals surface area contributed by atoms with E-state index in [1.807, 2.05) is 6.07 Å². The second-order valence-corrected chi connectivity index (χ2v) is 5.94. The van der Waals surface area contributed by atoms with E-state index in [9.17, 15) is 8.42 Å². The van der Waals surface area contributed by atoms with Crippen LogP contribution in [0.25, 0.3) is 0 Å². The van der Waals surface area contributed by atoms with Crippen LogP contribution in [0.1, 0.15) is 12.0 Å². The summed E-state index contributed by atoms with van der Waals surface area (Å²) in [6.07, 6.45) is 0.593. The van der Waals surface area contributed by atoms with Gasteiger partial charge in [-0.05, 0) is 24.6 Å². The van der Waals surface area contributed by atoms with Crippen molar-refractivity contribution >= 4 is 27.3 Å². The highest BCUT2D eigenvalue weighted by Crippen LogP contribution is 2.31. The van der Waals surface area contributed by atoms with Crippen molar-refractivity contribution in [2.24, 2.45) is 0 Å². The molecule has 1 aliphatic rings. The van der Waals surface area contributed by atoms with E-state index in [0.29, 0.717) is 29.2 Å². The highest BCUT2D eigenvalue weighted by atomic mass is 35.5. The third-order valence-electron chi connectivity index (χ3n) is 2.44. The number of halogens is 1. The van der Waals surface area contributed by atoms with Gasteiger partial charge in [-0.2, -0.15) is 5.26 Å². The zero-order valence-corrected chi connectivity index (χ0v) is 9.92. The Balaban J connectivity index is 2.52. The normalized spacial score (nSPS) is 18.4. The van der Waals surface area contributed by atoms with Crippen molar-refractivity contribution in [1.29, 1.82) is 5.26 Å². The molecule has 4 nitrogen and oxygen atoms in total. The maximum atomic E-state index is 11.7. The fourth-order valence-electron chi connectivity index (χ4n) is 1.68. The molecule has 1 saturated heterocycles. The molecule has 0 N–H and O–H groups in total. The van der Waals surface area contributed by atoms with E-state index >= 15 is 0 Å². The fraction of sp³-hybridized carbons (Fsp3) is 0.300. The summed E-state index contributed by atoms with van der Waals surface area (Å²) >= 11 is 5.95. The monoisotopic (exact) mass is 256 g/mol. The maximum absolute atomic E-state index is 11.7. The molecular formula is C10H9ClN2O2S. The van der Waals surface area contributed by atoms with Gasteiger partial charge in [-0.3, -0.25) is 4.31 Å². The average molecular weight is 257 g/mol. The Bertz CT molecular complexity index is 563. The number of hydrogen-bond acceptors (Lipinski definition) is 3. The maximum Gasteiger partial charge on any atom is 0.235 e. The van der Waals surface area contributed by atoms with Gasteiger partial charge in [-0.1, -0.05) is 11.6 Å². The second kappa shape index (κ2) is 3.96. The minimum atomic E-state index is -3.25. The Labute approximate surface area is 99.1 Å². The third-order valence-corrected chi connectivity index (χ3v) is 4.62. The number of nitrogens with zero attached hydrogens (tertiary/aromatic N) is 2. The van der Waals surface area contributed by atoms with Crippen LogP contribution >= 0.6 is 11.6 Å². The van der Waals surface area contributed by atoms with Crippen molar-refractivity contribution in [3.63, 3.8) is 0 Å². The number of benzene rings is 1. The Morgan fingerprint density at radius 1 is 1.44 bits per heavy atom. The van der Waals surface area contributed by atoms with Crippen molar-refractivity contribution in [2.75, 3.05) is 16.6 Å². The van der Waals surface area contributed by atoms with Gasteiger partial charge in [0.05, 0.1) is 28.1 Å². The number of nitriles is 1. The molecule has 16 heavy (non-hydrogen) atoms. The molecule has 1 aliphatic heterocycles. The largest absolute Gasteiger partial charge is 0.269 e. The summed E-state index contributed by atoms with van der Waals surface area (Å²) in [5, 5.41) is 9.12. The molecule has 1 fully saturated rings. The van der Waals surface area contributed by atoms with Gasteiger partial charge in [0, 0.05) is 6.54 Å². The van der Waals surface area contributed by atoms with Crippen molar-refractivity contribution in [3.8, 4) is 6.07 Å². The summed E-state index contributed by atoms with van der Waals surface area (Å²) in [4.78, 5) is 0. The van der Waals surface area contributed by atoms with Crippen LogP contribution in [-0.4, -0.2) is 20.7 Å². The van der Waals surface area contributed by atoms with E-state index in [4.69, 9.17) is 16.9 Å². The molecule has 0 spiro atoms. The summed E-state index contributed by atoms with van der Waals surface area (Å²) in [6.45, 7) is 0.428. The molecule has 1 aromatic carbocycles. The van der Waals surface area contributed by atoms with Gasteiger partial charge < -0.3 is 0 Å². The molecule has 0 aromatic heterocycles. The first-order chi connectivity index (χ1) is 7.54. The smallest absolute Gasteiger partial charge is 0.235 e. The molecule has 0 saturated carbocycles. The van der Waals surface area contributed by atoms with Crippen LogP contribution in [0.3, 0.4) is 0 Å². The first kappa shape index (κ1) is 11.2. The number of rotatable bonds is 1. The highest BCUT2D eigenvalue weighted by molar-refractivity contribution is 7.93. The molecule has 0 bridgehead atoms. The molecule has 84 valence electrons. The molecule has 0 amide bonds. The van der Waals surface area contributed by atoms with Crippen LogP contribution < -0.4 is 4.31 Å². The first-order valence-corrected chi connectivity index (χ1v) is 6.73. The minimum Gasteiger partial charge on any atom is -0.269 e. The van der Waals surface area contributed by atoms with E-state index in [2.05, 4.69) is 0 Å². The van der Waals surface area contributed by atoms with Crippen LogP contribution in [0.5, 0.6) is 0 Å². The minimum absolute atomic E-state index is 0.139. The van der Waals surface area contributed by atoms with E-state index in [0.717, 1.165) is 0 Å². The number of anilines is 1. The van der Waals surface area contributed by atoms with E-state index < -0.39 is 10.0 Å². The molecule has 1 heterocycles. The lowest BCUT2D eigenvalue weighted by molar-refractivity contribution is 0.599. The van der Waals surface area contributed by atoms with Crippen LogP contribution in [0.4, 0.5) is 5.69 Å². The third kappa shape index (κ3) is 1.86. The van der Waals surface area contributed by atoms with E-state index in [-0.39, 0.29) is 5.75 Å². The van der Waals surface area contributed by atoms with Crippen molar-refractivity contribution in [3.05, 3.63) is 28.8 Å². The van der Waals surface area contributed by atoms with Crippen LogP contribution in [0.15, 0.2) is 18.2 Å². The standard InChI is InChI=1S/C10H9ClN2O2S/c11-9-3-2-8(7-12)6-10(9)13-4-1-5-16(13,14)15/h2-3,6H,1,4-5H2. The zero-order valence-electron chi connectivity index (χ0n) is 8.35. The summed E-state index contributed by atoms with van der Waals surface area (Å²) in [6, 6.07) is 6.58. The quantitative estimate of drug-likeness (QED) is 0.769. The topological polar surface area (TPSA) is 61.2 Å². The van der Waals surface area contributed by atoms with Gasteiger partial charge in [-0.15, -0.1) is 0 Å². The highest BCUT2D eigenvalue weighted by Gasteiger charge is 2.29. The van der Waals surface area contributed by atoms with Gasteiger partial charge in [0.25, 0.3) is 0 Å². The Kier molecular flexibility index (Phi) is 2.78. The van der Waals surface area contributed by atoms with E-state index in [1.165, 1.54) is 10.4 Å². The summed E-state index contributed by atoms with van der Waals surface area (Å²) in [5.41, 5.74) is 0.805. The van der Waals surface area contributed by atoms with Gasteiger partial charge in [-0.25, -0.2) is 8.42 Å². The molecular weight excluding hydrogens is 248 g/mol. The molecule has 0 unspecified atom stereocenters. The Hall–Kier alpha value is -1.25. The lowest BCUT2D eigenvalue weighted by Crippen LogP contribution is -2.25. The van der Waals surface area contributed by atoms with Crippen LogP contribution in [-0.2, 0) is 10.0 Å². The van der Waals surface area contributed by atoms with Crippen molar-refractivity contribution in [1.82, 2.24) is 0 Å². The van der Waals surface area contributed by atoms with Gasteiger partial charge in [0.1, 0.15) is 0 Å². The lowest BCUT2D eigenvalue weighted by Gasteiger charge is -2.18. The predicted molar refractivity (Wildman–Crippen MR) is 61.9 cm³/mol. The lowest BCUT2D eigenvalue weighted by atomic mass is 10.2. The predicted octanol–water partition coefficient (Wildman–Crippen LogP) is 1.75. The number of sulfonamides is 1. The first-order valence-electron chi connectivity index (χ1n) is 4.75. The zero-order chi connectivity index (χ0) is 11.8. The average Bonchev–Trinajstić information content (AvgIpc) is 2.59. The Morgan fingerprint density at radius 2 is 2.19 bits per heavy atom. The SMILES string of the molecule is N#Cc1ccc(Cl)c(N2CCCS2(=O)=O)c1.